The molecule has 0 aliphatic carbocycles. The minimum Gasteiger partial charge on any atom is -0.369 e. The molecule has 1 amide bonds. The third-order valence-corrected chi connectivity index (χ3v) is 1.07. The Morgan fingerprint density at radius 2 is 2.33 bits per heavy atom. The van der Waals surface area contributed by atoms with Crippen molar-refractivity contribution in [3.63, 3.8) is 0 Å². The molecule has 0 aromatic rings. The van der Waals surface area contributed by atoms with Crippen molar-refractivity contribution in [3.05, 3.63) is 0 Å². The second kappa shape index (κ2) is 3.96. The summed E-state index contributed by atoms with van der Waals surface area (Å²) in [6.45, 7) is 3.59. The maximum absolute atomic E-state index is 10.4. The molecule has 0 rings (SSSR count). The molecule has 2 heteroatoms. The lowest BCUT2D eigenvalue weighted by molar-refractivity contribution is -0.120. The molecule has 0 spiro atoms. The molecule has 50 valence electrons. The smallest absolute Gasteiger partial charge is 0.232 e. The second-order valence-corrected chi connectivity index (χ2v) is 1.76. The van der Waals surface area contributed by atoms with Crippen LogP contribution in [-0.2, 0) is 4.79 Å². The van der Waals surface area contributed by atoms with E-state index in [2.05, 4.69) is 11.8 Å². The lowest BCUT2D eigenvalue weighted by atomic mass is 10.1. The molecule has 0 aromatic heterocycles. The number of carbonyl (C=O) groups is 1. The standard InChI is InChI=1S/C7H11NO/c1-3-5-6(4-2)7(8)9/h6H,4H2,1-2H3,(H2,8,9). The van der Waals surface area contributed by atoms with E-state index in [4.69, 9.17) is 5.73 Å². The first-order valence-electron chi connectivity index (χ1n) is 2.94. The third-order valence-electron chi connectivity index (χ3n) is 1.07. The fourth-order valence-electron chi connectivity index (χ4n) is 0.549. The number of hydrogen-bond acceptors (Lipinski definition) is 1. The first kappa shape index (κ1) is 8.03. The lowest BCUT2D eigenvalue weighted by Gasteiger charge is -1.98. The molecule has 0 radical (unpaired) electrons. The summed E-state index contributed by atoms with van der Waals surface area (Å²) in [7, 11) is 0. The van der Waals surface area contributed by atoms with E-state index in [-0.39, 0.29) is 11.8 Å². The Bertz CT molecular complexity index is 152. The van der Waals surface area contributed by atoms with Gasteiger partial charge in [-0.25, -0.2) is 0 Å². The largest absolute Gasteiger partial charge is 0.369 e. The van der Waals surface area contributed by atoms with E-state index in [1.165, 1.54) is 0 Å². The Balaban J connectivity index is 3.94. The van der Waals surface area contributed by atoms with Crippen LogP contribution in [-0.4, -0.2) is 5.91 Å². The van der Waals surface area contributed by atoms with Crippen LogP contribution in [0.15, 0.2) is 0 Å². The summed E-state index contributed by atoms with van der Waals surface area (Å²) in [5, 5.41) is 0. The quantitative estimate of drug-likeness (QED) is 0.537. The van der Waals surface area contributed by atoms with Gasteiger partial charge in [0.25, 0.3) is 0 Å². The molecule has 2 N–H and O–H groups in total. The van der Waals surface area contributed by atoms with Crippen molar-refractivity contribution >= 4 is 5.91 Å². The molecule has 1 atom stereocenters. The number of hydrogen-bond donors (Lipinski definition) is 1. The molecule has 0 aliphatic rings. The van der Waals surface area contributed by atoms with Crippen LogP contribution in [0.1, 0.15) is 20.3 Å². The average Bonchev–Trinajstić information content (AvgIpc) is 1.82. The highest BCUT2D eigenvalue weighted by atomic mass is 16.1. The summed E-state index contributed by atoms with van der Waals surface area (Å²) in [6.07, 6.45) is 0.705. The summed E-state index contributed by atoms with van der Waals surface area (Å²) < 4.78 is 0. The van der Waals surface area contributed by atoms with Crippen molar-refractivity contribution in [1.82, 2.24) is 0 Å². The van der Waals surface area contributed by atoms with Crippen molar-refractivity contribution in [2.45, 2.75) is 20.3 Å². The van der Waals surface area contributed by atoms with E-state index in [9.17, 15) is 4.79 Å². The topological polar surface area (TPSA) is 43.1 Å². The summed E-state index contributed by atoms with van der Waals surface area (Å²) in [4.78, 5) is 10.4. The number of amides is 1. The van der Waals surface area contributed by atoms with Crippen LogP contribution in [0.5, 0.6) is 0 Å². The van der Waals surface area contributed by atoms with Gasteiger partial charge in [-0.05, 0) is 13.3 Å². The van der Waals surface area contributed by atoms with Gasteiger partial charge in [-0.15, -0.1) is 5.92 Å². The van der Waals surface area contributed by atoms with Crippen LogP contribution in [0.3, 0.4) is 0 Å². The van der Waals surface area contributed by atoms with Crippen molar-refractivity contribution < 1.29 is 4.79 Å². The minimum absolute atomic E-state index is 0.255. The van der Waals surface area contributed by atoms with Crippen LogP contribution in [0.2, 0.25) is 0 Å². The zero-order valence-electron chi connectivity index (χ0n) is 5.77. The molecule has 9 heavy (non-hydrogen) atoms. The van der Waals surface area contributed by atoms with Crippen molar-refractivity contribution in [2.24, 2.45) is 11.7 Å². The summed E-state index contributed by atoms with van der Waals surface area (Å²) in [5.41, 5.74) is 4.99. The molecule has 1 unspecified atom stereocenters. The van der Waals surface area contributed by atoms with Crippen molar-refractivity contribution in [2.75, 3.05) is 0 Å². The van der Waals surface area contributed by atoms with Gasteiger partial charge in [0, 0.05) is 0 Å². The van der Waals surface area contributed by atoms with Crippen LogP contribution in [0, 0.1) is 17.8 Å². The number of rotatable bonds is 2. The summed E-state index contributed by atoms with van der Waals surface area (Å²) in [5.74, 6) is 4.77. The second-order valence-electron chi connectivity index (χ2n) is 1.76. The molecule has 0 heterocycles. The van der Waals surface area contributed by atoms with E-state index in [0.717, 1.165) is 0 Å². The number of nitrogens with two attached hydrogens (primary N) is 1. The van der Waals surface area contributed by atoms with Gasteiger partial charge in [-0.1, -0.05) is 12.8 Å². The van der Waals surface area contributed by atoms with Crippen LogP contribution in [0.25, 0.3) is 0 Å². The average molecular weight is 125 g/mol. The van der Waals surface area contributed by atoms with Gasteiger partial charge < -0.3 is 5.73 Å². The van der Waals surface area contributed by atoms with Gasteiger partial charge in [0.15, 0.2) is 0 Å². The van der Waals surface area contributed by atoms with Gasteiger partial charge in [-0.3, -0.25) is 4.79 Å². The molecule has 0 saturated heterocycles. The Morgan fingerprint density at radius 3 is 2.44 bits per heavy atom. The van der Waals surface area contributed by atoms with E-state index in [0.29, 0.717) is 6.42 Å². The fraction of sp³-hybridized carbons (Fsp3) is 0.571. The number of carbonyl (C=O) groups excluding carboxylic acids is 1. The normalized spacial score (nSPS) is 11.3. The van der Waals surface area contributed by atoms with Crippen LogP contribution >= 0.6 is 0 Å². The number of primary amides is 1. The Labute approximate surface area is 55.4 Å². The van der Waals surface area contributed by atoms with Gasteiger partial charge in [-0.2, -0.15) is 0 Å². The van der Waals surface area contributed by atoms with Crippen LogP contribution < -0.4 is 5.73 Å². The molecule has 0 aliphatic heterocycles. The maximum Gasteiger partial charge on any atom is 0.232 e. The third kappa shape index (κ3) is 2.76. The Hall–Kier alpha value is -0.970. The first-order valence-corrected chi connectivity index (χ1v) is 2.94. The van der Waals surface area contributed by atoms with E-state index >= 15 is 0 Å². The van der Waals surface area contributed by atoms with Gasteiger partial charge in [0.05, 0.1) is 5.92 Å². The maximum atomic E-state index is 10.4. The predicted molar refractivity (Wildman–Crippen MR) is 36.4 cm³/mol. The molecule has 0 bridgehead atoms. The molecule has 2 nitrogen and oxygen atoms in total. The van der Waals surface area contributed by atoms with Crippen molar-refractivity contribution in [1.29, 1.82) is 0 Å². The van der Waals surface area contributed by atoms with Crippen molar-refractivity contribution in [3.8, 4) is 11.8 Å². The summed E-state index contributed by atoms with van der Waals surface area (Å²) >= 11 is 0. The first-order chi connectivity index (χ1) is 4.22. The van der Waals surface area contributed by atoms with Gasteiger partial charge in [0.2, 0.25) is 5.91 Å². The zero-order valence-corrected chi connectivity index (χ0v) is 5.77. The Kier molecular flexibility index (Phi) is 3.54. The Morgan fingerprint density at radius 1 is 1.78 bits per heavy atom. The van der Waals surface area contributed by atoms with E-state index in [1.54, 1.807) is 6.92 Å². The SMILES string of the molecule is CC#CC(CC)C(N)=O. The van der Waals surface area contributed by atoms with E-state index < -0.39 is 0 Å². The van der Waals surface area contributed by atoms with Gasteiger partial charge in [0.1, 0.15) is 0 Å². The predicted octanol–water partition coefficient (Wildman–Crippen LogP) is 0.521. The highest BCUT2D eigenvalue weighted by molar-refractivity contribution is 5.79. The van der Waals surface area contributed by atoms with E-state index in [1.807, 2.05) is 6.92 Å². The molecule has 0 saturated carbocycles. The monoisotopic (exact) mass is 125 g/mol. The summed E-state index contributed by atoms with van der Waals surface area (Å²) in [6, 6.07) is 0. The minimum atomic E-state index is -0.327. The molecular weight excluding hydrogens is 114 g/mol. The highest BCUT2D eigenvalue weighted by Crippen LogP contribution is 1.97. The zero-order chi connectivity index (χ0) is 7.28. The molecule has 0 fully saturated rings. The van der Waals surface area contributed by atoms with Crippen LogP contribution in [0.4, 0.5) is 0 Å². The molecule has 0 aromatic carbocycles. The molecular formula is C7H11NO. The fourth-order valence-corrected chi connectivity index (χ4v) is 0.549. The highest BCUT2D eigenvalue weighted by Gasteiger charge is 2.06. The van der Waals surface area contributed by atoms with Gasteiger partial charge >= 0.3 is 0 Å². The lowest BCUT2D eigenvalue weighted by Crippen LogP contribution is -2.20.